The second-order valence-corrected chi connectivity index (χ2v) is 7.53. The van der Waals surface area contributed by atoms with Gasteiger partial charge >= 0.3 is 0 Å². The van der Waals surface area contributed by atoms with E-state index in [9.17, 15) is 4.79 Å². The first-order chi connectivity index (χ1) is 14.7. The number of anilines is 1. The van der Waals surface area contributed by atoms with Crippen molar-refractivity contribution in [2.75, 3.05) is 18.4 Å². The molecule has 9 heteroatoms. The molecule has 9 nitrogen and oxygen atoms in total. The van der Waals surface area contributed by atoms with Crippen LogP contribution in [0.15, 0.2) is 49.3 Å². The zero-order valence-electron chi connectivity index (χ0n) is 16.6. The number of nitrogens with zero attached hydrogens (tertiary/aromatic N) is 6. The van der Waals surface area contributed by atoms with E-state index < -0.39 is 0 Å². The molecule has 5 rings (SSSR count). The molecule has 1 amide bonds. The van der Waals surface area contributed by atoms with Crippen LogP contribution in [-0.2, 0) is 7.05 Å². The van der Waals surface area contributed by atoms with Gasteiger partial charge in [0, 0.05) is 42.8 Å². The third-order valence-electron chi connectivity index (χ3n) is 5.39. The lowest BCUT2D eigenvalue weighted by Gasteiger charge is -2.22. The summed E-state index contributed by atoms with van der Waals surface area (Å²) in [6, 6.07) is 4.16. The molecule has 0 atom stereocenters. The van der Waals surface area contributed by atoms with Crippen LogP contribution in [0.1, 0.15) is 29.2 Å². The maximum Gasteiger partial charge on any atom is 0.260 e. The van der Waals surface area contributed by atoms with E-state index in [2.05, 4.69) is 30.8 Å². The molecule has 4 aromatic heterocycles. The van der Waals surface area contributed by atoms with Gasteiger partial charge in [-0.05, 0) is 43.5 Å². The van der Waals surface area contributed by atoms with Crippen LogP contribution in [0.5, 0.6) is 0 Å². The highest BCUT2D eigenvalue weighted by Crippen LogP contribution is 2.23. The number of hydrogen-bond acceptors (Lipinski definition) is 6. The van der Waals surface area contributed by atoms with Crippen molar-refractivity contribution in [3.8, 4) is 11.3 Å². The molecule has 4 aromatic rings. The van der Waals surface area contributed by atoms with Gasteiger partial charge in [-0.1, -0.05) is 0 Å². The Kier molecular flexibility index (Phi) is 4.72. The van der Waals surface area contributed by atoms with Crippen LogP contribution in [-0.4, -0.2) is 48.5 Å². The van der Waals surface area contributed by atoms with Gasteiger partial charge < -0.3 is 10.6 Å². The summed E-state index contributed by atoms with van der Waals surface area (Å²) in [6.07, 6.45) is 12.6. The van der Waals surface area contributed by atoms with E-state index in [0.29, 0.717) is 17.4 Å². The zero-order valence-corrected chi connectivity index (χ0v) is 16.6. The summed E-state index contributed by atoms with van der Waals surface area (Å²) in [4.78, 5) is 21.5. The number of nitrogens with one attached hydrogen (secondary N) is 2. The zero-order chi connectivity index (χ0) is 20.5. The Morgan fingerprint density at radius 2 is 1.87 bits per heavy atom. The average molecular weight is 402 g/mol. The number of piperidine rings is 1. The molecule has 0 aliphatic carbocycles. The predicted octanol–water partition coefficient (Wildman–Crippen LogP) is 2.40. The first-order valence-corrected chi connectivity index (χ1v) is 9.97. The summed E-state index contributed by atoms with van der Waals surface area (Å²) in [5.74, 6) is 0.272. The first-order valence-electron chi connectivity index (χ1n) is 9.97. The Balaban J connectivity index is 1.35. The molecule has 0 bridgehead atoms. The molecular formula is C21H22N8O. The highest BCUT2D eigenvalue weighted by atomic mass is 16.1. The van der Waals surface area contributed by atoms with Crippen molar-refractivity contribution in [3.05, 3.63) is 54.9 Å². The monoisotopic (exact) mass is 402 g/mol. The second kappa shape index (κ2) is 7.68. The number of aromatic nitrogens is 6. The number of hydrogen-bond donors (Lipinski definition) is 2. The highest BCUT2D eigenvalue weighted by Gasteiger charge is 2.18. The normalized spacial score (nSPS) is 14.8. The van der Waals surface area contributed by atoms with Crippen molar-refractivity contribution in [1.82, 2.24) is 34.8 Å². The Labute approximate surface area is 173 Å². The van der Waals surface area contributed by atoms with Gasteiger partial charge in [0.15, 0.2) is 0 Å². The average Bonchev–Trinajstić information content (AvgIpc) is 3.43. The smallest absolute Gasteiger partial charge is 0.260 e. The van der Waals surface area contributed by atoms with Crippen LogP contribution in [0, 0.1) is 0 Å². The van der Waals surface area contributed by atoms with E-state index in [1.807, 2.05) is 36.3 Å². The molecule has 5 heterocycles. The molecule has 2 N–H and O–H groups in total. The van der Waals surface area contributed by atoms with E-state index in [4.69, 9.17) is 0 Å². The first kappa shape index (κ1) is 18.4. The summed E-state index contributed by atoms with van der Waals surface area (Å²) in [6.45, 7) is 1.95. The van der Waals surface area contributed by atoms with E-state index in [0.717, 1.165) is 48.0 Å². The summed E-state index contributed by atoms with van der Waals surface area (Å²) in [5.41, 5.74) is 2.29. The van der Waals surface area contributed by atoms with Crippen molar-refractivity contribution in [2.24, 2.45) is 7.05 Å². The molecule has 1 aliphatic heterocycles. The molecule has 0 unspecified atom stereocenters. The fourth-order valence-corrected chi connectivity index (χ4v) is 3.73. The van der Waals surface area contributed by atoms with E-state index in [-0.39, 0.29) is 5.91 Å². The van der Waals surface area contributed by atoms with Gasteiger partial charge in [0.1, 0.15) is 5.82 Å². The summed E-state index contributed by atoms with van der Waals surface area (Å²) in [7, 11) is 1.87. The largest absolute Gasteiger partial charge is 0.317 e. The molecule has 1 saturated heterocycles. The Morgan fingerprint density at radius 1 is 1.03 bits per heavy atom. The highest BCUT2D eigenvalue weighted by molar-refractivity contribution is 6.04. The van der Waals surface area contributed by atoms with Crippen LogP contribution >= 0.6 is 0 Å². The molecular weight excluding hydrogens is 380 g/mol. The molecule has 0 aromatic carbocycles. The molecule has 1 aliphatic rings. The number of rotatable bonds is 4. The fraction of sp³-hybridized carbons (Fsp3) is 0.286. The second-order valence-electron chi connectivity index (χ2n) is 7.53. The molecule has 152 valence electrons. The van der Waals surface area contributed by atoms with Crippen LogP contribution in [0.3, 0.4) is 0 Å². The van der Waals surface area contributed by atoms with Crippen molar-refractivity contribution < 1.29 is 4.79 Å². The Hall–Kier alpha value is -3.59. The van der Waals surface area contributed by atoms with Crippen molar-refractivity contribution >= 4 is 22.5 Å². The molecule has 1 fully saturated rings. The van der Waals surface area contributed by atoms with Gasteiger partial charge in [0.2, 0.25) is 0 Å². The third kappa shape index (κ3) is 3.67. The SMILES string of the molecule is Cn1cc(-c2cc3cc(NC(=O)c4cnn(C5CCNCC5)c4)ncc3cn2)cn1. The fourth-order valence-electron chi connectivity index (χ4n) is 3.73. The van der Waals surface area contributed by atoms with Gasteiger partial charge in [0.05, 0.1) is 29.7 Å². The van der Waals surface area contributed by atoms with E-state index in [1.165, 1.54) is 0 Å². The summed E-state index contributed by atoms with van der Waals surface area (Å²) >= 11 is 0. The molecule has 0 radical (unpaired) electrons. The van der Waals surface area contributed by atoms with Crippen LogP contribution < -0.4 is 10.6 Å². The van der Waals surface area contributed by atoms with Crippen LogP contribution in [0.2, 0.25) is 0 Å². The topological polar surface area (TPSA) is 103 Å². The van der Waals surface area contributed by atoms with Crippen molar-refractivity contribution in [3.63, 3.8) is 0 Å². The van der Waals surface area contributed by atoms with Gasteiger partial charge in [-0.15, -0.1) is 0 Å². The quantitative estimate of drug-likeness (QED) is 0.543. The van der Waals surface area contributed by atoms with Crippen molar-refractivity contribution in [1.29, 1.82) is 0 Å². The minimum absolute atomic E-state index is 0.219. The van der Waals surface area contributed by atoms with Gasteiger partial charge in [-0.25, -0.2) is 4.98 Å². The van der Waals surface area contributed by atoms with Crippen LogP contribution in [0.25, 0.3) is 22.0 Å². The molecule has 30 heavy (non-hydrogen) atoms. The minimum atomic E-state index is -0.219. The maximum atomic E-state index is 12.7. The van der Waals surface area contributed by atoms with Gasteiger partial charge in [0.25, 0.3) is 5.91 Å². The summed E-state index contributed by atoms with van der Waals surface area (Å²) in [5, 5.41) is 16.6. The Morgan fingerprint density at radius 3 is 2.67 bits per heavy atom. The van der Waals surface area contributed by atoms with Crippen LogP contribution in [0.4, 0.5) is 5.82 Å². The minimum Gasteiger partial charge on any atom is -0.317 e. The standard InChI is InChI=1S/C21H22N8O/c1-28-12-16(10-25-28)19-6-14-7-20(24-9-15(14)8-23-19)27-21(30)17-11-26-29(13-17)18-2-4-22-5-3-18/h6-13,18,22H,2-5H2,1H3,(H,24,27,30). The Bertz CT molecular complexity index is 1200. The number of amides is 1. The van der Waals surface area contributed by atoms with Gasteiger partial charge in [-0.3, -0.25) is 19.1 Å². The summed E-state index contributed by atoms with van der Waals surface area (Å²) < 4.78 is 3.64. The predicted molar refractivity (Wildman–Crippen MR) is 113 cm³/mol. The lowest BCUT2D eigenvalue weighted by atomic mass is 10.1. The molecule has 0 spiro atoms. The van der Waals surface area contributed by atoms with E-state index >= 15 is 0 Å². The van der Waals surface area contributed by atoms with E-state index in [1.54, 1.807) is 29.5 Å². The lowest BCUT2D eigenvalue weighted by Crippen LogP contribution is -2.29. The molecule has 0 saturated carbocycles. The van der Waals surface area contributed by atoms with Gasteiger partial charge in [-0.2, -0.15) is 10.2 Å². The number of carbonyl (C=O) groups is 1. The number of pyridine rings is 2. The number of fused-ring (bicyclic) bond motifs is 1. The maximum absolute atomic E-state index is 12.7. The number of aryl methyl sites for hydroxylation is 1. The van der Waals surface area contributed by atoms with Crippen molar-refractivity contribution in [2.45, 2.75) is 18.9 Å². The number of carbonyl (C=O) groups excluding carboxylic acids is 1. The lowest BCUT2D eigenvalue weighted by molar-refractivity contribution is 0.102. The third-order valence-corrected chi connectivity index (χ3v) is 5.39.